The van der Waals surface area contributed by atoms with Crippen molar-refractivity contribution in [1.29, 1.82) is 0 Å². The lowest BCUT2D eigenvalue weighted by Gasteiger charge is -2.08. The first-order chi connectivity index (χ1) is 8.90. The fourth-order valence-corrected chi connectivity index (χ4v) is 1.23. The van der Waals surface area contributed by atoms with Crippen LogP contribution in [-0.4, -0.2) is 23.3 Å². The zero-order valence-corrected chi connectivity index (χ0v) is 10.7. The number of nitro benzene ring substituents is 1. The number of rotatable bonds is 4. The van der Waals surface area contributed by atoms with Crippen molar-refractivity contribution in [2.45, 2.75) is 13.8 Å². The smallest absolute Gasteiger partial charge is 0.313 e. The largest absolute Gasteiger partial charge is 0.348 e. The highest BCUT2D eigenvalue weighted by atomic mass is 16.6. The van der Waals surface area contributed by atoms with Crippen LogP contribution in [0.3, 0.4) is 0 Å². The second-order valence-electron chi connectivity index (χ2n) is 4.36. The van der Waals surface area contributed by atoms with Gasteiger partial charge in [-0.25, -0.2) is 0 Å². The van der Waals surface area contributed by atoms with E-state index in [2.05, 4.69) is 10.6 Å². The summed E-state index contributed by atoms with van der Waals surface area (Å²) in [5.41, 5.74) is 0.248. The molecule has 2 amide bonds. The first kappa shape index (κ1) is 14.6. The number of benzene rings is 1. The van der Waals surface area contributed by atoms with Crippen LogP contribution in [0.25, 0.3) is 0 Å². The van der Waals surface area contributed by atoms with E-state index < -0.39 is 16.7 Å². The molecular formula is C12H15N3O4. The summed E-state index contributed by atoms with van der Waals surface area (Å²) < 4.78 is 0. The summed E-state index contributed by atoms with van der Waals surface area (Å²) in [6.07, 6.45) is 0. The second-order valence-corrected chi connectivity index (χ2v) is 4.36. The average Bonchev–Trinajstić information content (AvgIpc) is 2.36. The molecule has 7 heteroatoms. The van der Waals surface area contributed by atoms with E-state index in [0.29, 0.717) is 12.2 Å². The van der Waals surface area contributed by atoms with Crippen molar-refractivity contribution in [3.05, 3.63) is 34.4 Å². The van der Waals surface area contributed by atoms with Crippen molar-refractivity contribution >= 4 is 23.2 Å². The molecule has 0 atom stereocenters. The summed E-state index contributed by atoms with van der Waals surface area (Å²) in [6, 6.07) is 5.24. The van der Waals surface area contributed by atoms with Gasteiger partial charge < -0.3 is 10.6 Å². The Labute approximate surface area is 110 Å². The van der Waals surface area contributed by atoms with Gasteiger partial charge >= 0.3 is 11.8 Å². The predicted molar refractivity (Wildman–Crippen MR) is 69.6 cm³/mol. The molecule has 2 N–H and O–H groups in total. The third-order valence-corrected chi connectivity index (χ3v) is 2.21. The number of carbonyl (C=O) groups is 2. The minimum absolute atomic E-state index is 0.0812. The molecule has 102 valence electrons. The van der Waals surface area contributed by atoms with Gasteiger partial charge in [0.2, 0.25) is 0 Å². The molecule has 1 aromatic carbocycles. The van der Waals surface area contributed by atoms with Gasteiger partial charge in [-0.15, -0.1) is 0 Å². The Morgan fingerprint density at radius 1 is 1.21 bits per heavy atom. The van der Waals surface area contributed by atoms with Gasteiger partial charge in [0.25, 0.3) is 5.69 Å². The lowest BCUT2D eigenvalue weighted by molar-refractivity contribution is -0.384. The summed E-state index contributed by atoms with van der Waals surface area (Å²) in [7, 11) is 0. The van der Waals surface area contributed by atoms with Crippen LogP contribution in [0.5, 0.6) is 0 Å². The third-order valence-electron chi connectivity index (χ3n) is 2.21. The number of carbonyl (C=O) groups excluding carboxylic acids is 2. The molecule has 7 nitrogen and oxygen atoms in total. The third kappa shape index (κ3) is 4.74. The van der Waals surface area contributed by atoms with E-state index in [0.717, 1.165) is 0 Å². The fraction of sp³-hybridized carbons (Fsp3) is 0.333. The summed E-state index contributed by atoms with van der Waals surface area (Å²) >= 11 is 0. The molecule has 0 radical (unpaired) electrons. The number of non-ortho nitro benzene ring substituents is 1. The van der Waals surface area contributed by atoms with Crippen molar-refractivity contribution in [3.8, 4) is 0 Å². The summed E-state index contributed by atoms with van der Waals surface area (Å²) in [5, 5.41) is 15.3. The van der Waals surface area contributed by atoms with Gasteiger partial charge in [-0.1, -0.05) is 13.8 Å². The number of amides is 2. The standard InChI is InChI=1S/C12H15N3O4/c1-8(2)7-13-11(16)12(17)14-9-3-5-10(6-4-9)15(18)19/h3-6,8H,7H2,1-2H3,(H,13,16)(H,14,17). The second kappa shape index (κ2) is 6.48. The molecule has 0 unspecified atom stereocenters. The maximum Gasteiger partial charge on any atom is 0.313 e. The molecule has 0 saturated heterocycles. The van der Waals surface area contributed by atoms with Crippen LogP contribution in [-0.2, 0) is 9.59 Å². The van der Waals surface area contributed by atoms with Crippen LogP contribution in [0, 0.1) is 16.0 Å². The van der Waals surface area contributed by atoms with Gasteiger partial charge in [-0.3, -0.25) is 19.7 Å². The molecule has 0 aliphatic carbocycles. The number of nitrogens with zero attached hydrogens (tertiary/aromatic N) is 1. The first-order valence-corrected chi connectivity index (χ1v) is 5.73. The van der Waals surface area contributed by atoms with Gasteiger partial charge in [-0.05, 0) is 18.1 Å². The lowest BCUT2D eigenvalue weighted by atomic mass is 10.2. The number of hydrogen-bond donors (Lipinski definition) is 2. The molecular weight excluding hydrogens is 250 g/mol. The van der Waals surface area contributed by atoms with Crippen LogP contribution in [0.15, 0.2) is 24.3 Å². The van der Waals surface area contributed by atoms with Crippen molar-refractivity contribution in [1.82, 2.24) is 5.32 Å². The van der Waals surface area contributed by atoms with E-state index in [-0.39, 0.29) is 11.6 Å². The maximum atomic E-state index is 11.5. The number of nitrogens with one attached hydrogen (secondary N) is 2. The van der Waals surface area contributed by atoms with E-state index in [1.807, 2.05) is 13.8 Å². The molecule has 0 fully saturated rings. The highest BCUT2D eigenvalue weighted by molar-refractivity contribution is 6.39. The van der Waals surface area contributed by atoms with E-state index in [9.17, 15) is 19.7 Å². The Morgan fingerprint density at radius 2 is 1.79 bits per heavy atom. The van der Waals surface area contributed by atoms with Crippen molar-refractivity contribution in [3.63, 3.8) is 0 Å². The van der Waals surface area contributed by atoms with Gasteiger partial charge in [0, 0.05) is 24.4 Å². The Bertz CT molecular complexity index is 482. The molecule has 0 aliphatic heterocycles. The molecule has 0 bridgehead atoms. The van der Waals surface area contributed by atoms with Crippen LogP contribution in [0.1, 0.15) is 13.8 Å². The Hall–Kier alpha value is -2.44. The van der Waals surface area contributed by atoms with Crippen LogP contribution in [0.2, 0.25) is 0 Å². The number of anilines is 1. The SMILES string of the molecule is CC(C)CNC(=O)C(=O)Nc1ccc([N+](=O)[O-])cc1. The maximum absolute atomic E-state index is 11.5. The molecule has 0 heterocycles. The number of hydrogen-bond acceptors (Lipinski definition) is 4. The van der Waals surface area contributed by atoms with E-state index >= 15 is 0 Å². The van der Waals surface area contributed by atoms with E-state index in [4.69, 9.17) is 0 Å². The lowest BCUT2D eigenvalue weighted by Crippen LogP contribution is -2.37. The van der Waals surface area contributed by atoms with E-state index in [1.54, 1.807) is 0 Å². The van der Waals surface area contributed by atoms with Gasteiger partial charge in [-0.2, -0.15) is 0 Å². The van der Waals surface area contributed by atoms with Gasteiger partial charge in [0.05, 0.1) is 4.92 Å². The van der Waals surface area contributed by atoms with Gasteiger partial charge in [0.15, 0.2) is 0 Å². The zero-order chi connectivity index (χ0) is 14.4. The zero-order valence-electron chi connectivity index (χ0n) is 10.7. The molecule has 0 spiro atoms. The average molecular weight is 265 g/mol. The van der Waals surface area contributed by atoms with Crippen molar-refractivity contribution in [2.24, 2.45) is 5.92 Å². The summed E-state index contributed by atoms with van der Waals surface area (Å²) in [6.45, 7) is 4.23. The van der Waals surface area contributed by atoms with Crippen molar-refractivity contribution in [2.75, 3.05) is 11.9 Å². The molecule has 0 saturated carbocycles. The molecule has 1 aromatic rings. The molecule has 0 aromatic heterocycles. The minimum atomic E-state index is -0.797. The summed E-state index contributed by atoms with van der Waals surface area (Å²) in [5.74, 6) is -1.28. The monoisotopic (exact) mass is 265 g/mol. The van der Waals surface area contributed by atoms with Crippen LogP contribution in [0.4, 0.5) is 11.4 Å². The topological polar surface area (TPSA) is 101 Å². The highest BCUT2D eigenvalue weighted by Crippen LogP contribution is 2.15. The Kier molecular flexibility index (Phi) is 4.99. The fourth-order valence-electron chi connectivity index (χ4n) is 1.23. The minimum Gasteiger partial charge on any atom is -0.348 e. The molecule has 0 aliphatic rings. The van der Waals surface area contributed by atoms with Crippen LogP contribution >= 0.6 is 0 Å². The first-order valence-electron chi connectivity index (χ1n) is 5.73. The van der Waals surface area contributed by atoms with E-state index in [1.165, 1.54) is 24.3 Å². The Balaban J connectivity index is 2.56. The predicted octanol–water partition coefficient (Wildman–Crippen LogP) is 1.31. The Morgan fingerprint density at radius 3 is 2.26 bits per heavy atom. The quantitative estimate of drug-likeness (QED) is 0.486. The molecule has 1 rings (SSSR count). The van der Waals surface area contributed by atoms with Crippen LogP contribution < -0.4 is 10.6 Å². The van der Waals surface area contributed by atoms with Crippen molar-refractivity contribution < 1.29 is 14.5 Å². The molecule has 19 heavy (non-hydrogen) atoms. The highest BCUT2D eigenvalue weighted by Gasteiger charge is 2.14. The normalized spacial score (nSPS) is 10.1. The number of nitro groups is 1. The summed E-state index contributed by atoms with van der Waals surface area (Å²) in [4.78, 5) is 32.8. The van der Waals surface area contributed by atoms with Gasteiger partial charge in [0.1, 0.15) is 0 Å².